The van der Waals surface area contributed by atoms with E-state index in [4.69, 9.17) is 0 Å². The standard InChI is InChI=1S/C21H31N3O2/c1-22-18(14-23-20-7-2-3-8-21(20)26)15-24-11-9-16(10-12-24)17-5-4-6-19(25)13-17/h4-6,13-14,16,20-21,23,25-26H,1-3,7-12,15H2/b18-14-/t20-,21-/m1/s1. The molecule has 26 heavy (non-hydrogen) atoms. The van der Waals surface area contributed by atoms with Gasteiger partial charge < -0.3 is 15.5 Å². The molecule has 1 aliphatic heterocycles. The van der Waals surface area contributed by atoms with Gasteiger partial charge in [-0.3, -0.25) is 9.89 Å². The molecule has 0 aromatic heterocycles. The number of likely N-dealkylation sites (tertiary alicyclic amines) is 1. The largest absolute Gasteiger partial charge is 0.508 e. The first kappa shape index (κ1) is 18.9. The van der Waals surface area contributed by atoms with Gasteiger partial charge in [-0.25, -0.2) is 0 Å². The number of piperidine rings is 1. The predicted octanol–water partition coefficient (Wildman–Crippen LogP) is 3.01. The van der Waals surface area contributed by atoms with E-state index in [1.54, 1.807) is 6.07 Å². The zero-order valence-corrected chi connectivity index (χ0v) is 15.5. The van der Waals surface area contributed by atoms with Crippen molar-refractivity contribution in [2.45, 2.75) is 56.6 Å². The average molecular weight is 357 g/mol. The van der Waals surface area contributed by atoms with Gasteiger partial charge in [-0.2, -0.15) is 0 Å². The second-order valence-corrected chi connectivity index (χ2v) is 7.56. The zero-order valence-electron chi connectivity index (χ0n) is 15.5. The molecule has 5 heteroatoms. The molecule has 0 bridgehead atoms. The summed E-state index contributed by atoms with van der Waals surface area (Å²) in [4.78, 5) is 6.57. The first-order chi connectivity index (χ1) is 12.7. The maximum Gasteiger partial charge on any atom is 0.115 e. The summed E-state index contributed by atoms with van der Waals surface area (Å²) in [6.45, 7) is 6.52. The molecule has 3 rings (SSSR count). The summed E-state index contributed by atoms with van der Waals surface area (Å²) >= 11 is 0. The molecule has 0 radical (unpaired) electrons. The van der Waals surface area contributed by atoms with Crippen LogP contribution in [0.3, 0.4) is 0 Å². The molecule has 0 amide bonds. The van der Waals surface area contributed by atoms with Crippen LogP contribution >= 0.6 is 0 Å². The van der Waals surface area contributed by atoms with E-state index in [0.29, 0.717) is 11.7 Å². The van der Waals surface area contributed by atoms with Crippen molar-refractivity contribution in [1.82, 2.24) is 10.2 Å². The fourth-order valence-electron chi connectivity index (χ4n) is 4.08. The predicted molar refractivity (Wildman–Crippen MR) is 106 cm³/mol. The number of aliphatic imine (C=N–C) groups is 1. The molecule has 1 aromatic rings. The molecule has 1 aromatic carbocycles. The van der Waals surface area contributed by atoms with E-state index in [9.17, 15) is 10.2 Å². The second-order valence-electron chi connectivity index (χ2n) is 7.56. The molecule has 2 aliphatic rings. The van der Waals surface area contributed by atoms with E-state index in [1.807, 2.05) is 18.3 Å². The van der Waals surface area contributed by atoms with Crippen LogP contribution in [0.5, 0.6) is 5.75 Å². The van der Waals surface area contributed by atoms with E-state index < -0.39 is 0 Å². The van der Waals surface area contributed by atoms with Gasteiger partial charge in [0, 0.05) is 12.7 Å². The maximum atomic E-state index is 10.1. The first-order valence-electron chi connectivity index (χ1n) is 9.77. The Morgan fingerprint density at radius 3 is 2.69 bits per heavy atom. The molecule has 3 N–H and O–H groups in total. The van der Waals surface area contributed by atoms with Gasteiger partial charge in [-0.05, 0) is 69.1 Å². The van der Waals surface area contributed by atoms with Crippen molar-refractivity contribution in [1.29, 1.82) is 0 Å². The van der Waals surface area contributed by atoms with Crippen LogP contribution in [0.2, 0.25) is 0 Å². The van der Waals surface area contributed by atoms with Crippen LogP contribution in [-0.2, 0) is 0 Å². The number of aliphatic hydroxyl groups is 1. The van der Waals surface area contributed by atoms with Gasteiger partial charge in [0.25, 0.3) is 0 Å². The lowest BCUT2D eigenvalue weighted by Gasteiger charge is -2.32. The molecule has 1 heterocycles. The average Bonchev–Trinajstić information content (AvgIpc) is 2.67. The molecule has 2 atom stereocenters. The topological polar surface area (TPSA) is 68.1 Å². The summed E-state index contributed by atoms with van der Waals surface area (Å²) in [7, 11) is 0. The van der Waals surface area contributed by atoms with Gasteiger partial charge in [-0.15, -0.1) is 0 Å². The maximum absolute atomic E-state index is 10.1. The van der Waals surface area contributed by atoms with Crippen LogP contribution in [0.1, 0.15) is 50.0 Å². The van der Waals surface area contributed by atoms with Crippen LogP contribution in [0, 0.1) is 0 Å². The van der Waals surface area contributed by atoms with Crippen molar-refractivity contribution >= 4 is 6.72 Å². The van der Waals surface area contributed by atoms with E-state index in [1.165, 1.54) is 12.0 Å². The van der Waals surface area contributed by atoms with Crippen molar-refractivity contribution in [2.75, 3.05) is 19.6 Å². The molecule has 1 aliphatic carbocycles. The monoisotopic (exact) mass is 357 g/mol. The number of rotatable bonds is 6. The van der Waals surface area contributed by atoms with Crippen molar-refractivity contribution < 1.29 is 10.2 Å². The zero-order chi connectivity index (χ0) is 18.4. The number of hydrogen-bond donors (Lipinski definition) is 3. The van der Waals surface area contributed by atoms with E-state index in [2.05, 4.69) is 28.0 Å². The molecule has 1 saturated carbocycles. The van der Waals surface area contributed by atoms with Crippen LogP contribution in [0.15, 0.2) is 41.2 Å². The van der Waals surface area contributed by atoms with Crippen molar-refractivity contribution in [2.24, 2.45) is 4.99 Å². The third-order valence-corrected chi connectivity index (χ3v) is 5.71. The number of phenols is 1. The smallest absolute Gasteiger partial charge is 0.115 e. The summed E-state index contributed by atoms with van der Waals surface area (Å²) in [6, 6.07) is 7.77. The molecular weight excluding hydrogens is 326 g/mol. The quantitative estimate of drug-likeness (QED) is 0.685. The van der Waals surface area contributed by atoms with Gasteiger partial charge in [0.1, 0.15) is 5.75 Å². The summed E-state index contributed by atoms with van der Waals surface area (Å²) in [6.07, 6.45) is 8.02. The Labute approximate surface area is 156 Å². The van der Waals surface area contributed by atoms with Crippen LogP contribution in [0.4, 0.5) is 0 Å². The normalized spacial score (nSPS) is 25.8. The Kier molecular flexibility index (Phi) is 6.69. The number of aromatic hydroxyl groups is 1. The minimum Gasteiger partial charge on any atom is -0.508 e. The Hall–Kier alpha value is -1.85. The van der Waals surface area contributed by atoms with Crippen LogP contribution in [0.25, 0.3) is 0 Å². The lowest BCUT2D eigenvalue weighted by molar-refractivity contribution is 0.0971. The third-order valence-electron chi connectivity index (χ3n) is 5.71. The molecule has 2 fully saturated rings. The summed E-state index contributed by atoms with van der Waals surface area (Å²) < 4.78 is 0. The van der Waals surface area contributed by atoms with Crippen molar-refractivity contribution in [3.8, 4) is 5.75 Å². The number of hydrogen-bond acceptors (Lipinski definition) is 5. The molecule has 5 nitrogen and oxygen atoms in total. The lowest BCUT2D eigenvalue weighted by Crippen LogP contribution is -2.40. The number of benzene rings is 1. The van der Waals surface area contributed by atoms with E-state index in [0.717, 1.165) is 57.4 Å². The van der Waals surface area contributed by atoms with E-state index in [-0.39, 0.29) is 12.1 Å². The Morgan fingerprint density at radius 2 is 2.00 bits per heavy atom. The Bertz CT molecular complexity index is 623. The van der Waals surface area contributed by atoms with Gasteiger partial charge in [0.05, 0.1) is 17.8 Å². The van der Waals surface area contributed by atoms with E-state index >= 15 is 0 Å². The van der Waals surface area contributed by atoms with Gasteiger partial charge in [-0.1, -0.05) is 25.0 Å². The third kappa shape index (κ3) is 5.08. The number of nitrogens with zero attached hydrogens (tertiary/aromatic N) is 2. The number of aliphatic hydroxyl groups excluding tert-OH is 1. The highest BCUT2D eigenvalue weighted by atomic mass is 16.3. The van der Waals surface area contributed by atoms with Crippen molar-refractivity contribution in [3.05, 3.63) is 41.7 Å². The van der Waals surface area contributed by atoms with Crippen molar-refractivity contribution in [3.63, 3.8) is 0 Å². The molecular formula is C21H31N3O2. The molecule has 0 spiro atoms. The van der Waals surface area contributed by atoms with Crippen LogP contribution in [-0.4, -0.2) is 53.6 Å². The lowest BCUT2D eigenvalue weighted by atomic mass is 9.89. The summed E-state index contributed by atoms with van der Waals surface area (Å²) in [5, 5.41) is 23.1. The SMILES string of the molecule is C=N/C(=C\N[C@@H]1CCCC[C@H]1O)CN1CCC(c2cccc(O)c2)CC1. The fraction of sp³-hybridized carbons (Fsp3) is 0.571. The fourth-order valence-corrected chi connectivity index (χ4v) is 4.08. The highest BCUT2D eigenvalue weighted by Crippen LogP contribution is 2.30. The minimum atomic E-state index is -0.260. The molecule has 142 valence electrons. The summed E-state index contributed by atoms with van der Waals surface area (Å²) in [5.41, 5.74) is 2.16. The van der Waals surface area contributed by atoms with Gasteiger partial charge in [0.15, 0.2) is 0 Å². The Morgan fingerprint density at radius 1 is 1.23 bits per heavy atom. The second kappa shape index (κ2) is 9.19. The Balaban J connectivity index is 1.49. The van der Waals surface area contributed by atoms with Crippen LogP contribution < -0.4 is 5.32 Å². The first-order valence-corrected chi connectivity index (χ1v) is 9.77. The minimum absolute atomic E-state index is 0.136. The number of nitrogens with one attached hydrogen (secondary N) is 1. The molecule has 1 saturated heterocycles. The highest BCUT2D eigenvalue weighted by molar-refractivity contribution is 5.30. The van der Waals surface area contributed by atoms with Gasteiger partial charge in [0.2, 0.25) is 0 Å². The highest BCUT2D eigenvalue weighted by Gasteiger charge is 2.23. The summed E-state index contributed by atoms with van der Waals surface area (Å²) in [5.74, 6) is 0.861. The molecule has 0 unspecified atom stereocenters. The number of phenolic OH excluding ortho intramolecular Hbond substituents is 1. The van der Waals surface area contributed by atoms with Gasteiger partial charge >= 0.3 is 0 Å².